The van der Waals surface area contributed by atoms with Gasteiger partial charge in [-0.1, -0.05) is 0 Å². The van der Waals surface area contributed by atoms with Gasteiger partial charge in [-0.3, -0.25) is 4.79 Å². The van der Waals surface area contributed by atoms with E-state index in [-0.39, 0.29) is 12.3 Å². The molecule has 0 saturated heterocycles. The minimum Gasteiger partial charge on any atom is -0.326 e. The maximum Gasteiger partial charge on any atom is 0.264 e. The van der Waals surface area contributed by atoms with E-state index < -0.39 is 19.8 Å². The monoisotopic (exact) mass is 263 g/mol. The number of fused-ring (bicyclic) bond motifs is 1. The van der Waals surface area contributed by atoms with Crippen molar-refractivity contribution < 1.29 is 17.6 Å². The first-order chi connectivity index (χ1) is 7.38. The van der Waals surface area contributed by atoms with Crippen LogP contribution in [0.15, 0.2) is 17.0 Å². The van der Waals surface area contributed by atoms with Crippen LogP contribution in [-0.4, -0.2) is 14.3 Å². The van der Waals surface area contributed by atoms with Gasteiger partial charge in [0, 0.05) is 22.8 Å². The van der Waals surface area contributed by atoms with Crippen molar-refractivity contribution in [3.05, 3.63) is 23.5 Å². The van der Waals surface area contributed by atoms with E-state index in [0.29, 0.717) is 17.7 Å². The summed E-state index contributed by atoms with van der Waals surface area (Å²) < 4.78 is 35.5. The average molecular weight is 264 g/mol. The smallest absolute Gasteiger partial charge is 0.264 e. The van der Waals surface area contributed by atoms with Crippen molar-refractivity contribution >= 4 is 31.3 Å². The van der Waals surface area contributed by atoms with Crippen molar-refractivity contribution in [2.24, 2.45) is 0 Å². The van der Waals surface area contributed by atoms with E-state index in [1.807, 2.05) is 0 Å². The number of amides is 1. The molecule has 1 N–H and O–H groups in total. The standard InChI is InChI=1S/C9H7ClFNO3S/c10-16(14,15)8-3-5-1-2-9(13)12-7(5)4-6(8)11/h3-4H,1-2H2,(H,12,13). The maximum absolute atomic E-state index is 13.4. The van der Waals surface area contributed by atoms with Crippen LogP contribution in [0.3, 0.4) is 0 Å². The summed E-state index contributed by atoms with van der Waals surface area (Å²) >= 11 is 0. The Hall–Kier alpha value is -1.14. The number of hydrogen-bond donors (Lipinski definition) is 1. The number of hydrogen-bond acceptors (Lipinski definition) is 3. The molecule has 0 fully saturated rings. The number of halogens is 2. The molecule has 0 radical (unpaired) electrons. The molecule has 2 rings (SSSR count). The Balaban J connectivity index is 2.59. The normalized spacial score (nSPS) is 15.5. The van der Waals surface area contributed by atoms with E-state index in [9.17, 15) is 17.6 Å². The molecular formula is C9H7ClFNO3S. The third-order valence-corrected chi connectivity index (χ3v) is 3.65. The molecule has 0 aromatic heterocycles. The molecule has 0 spiro atoms. The molecule has 0 aliphatic carbocycles. The molecule has 7 heteroatoms. The minimum absolute atomic E-state index is 0.214. The predicted octanol–water partition coefficient (Wildman–Crippen LogP) is 1.64. The van der Waals surface area contributed by atoms with Crippen LogP contribution in [0.2, 0.25) is 0 Å². The Labute approximate surface area is 95.8 Å². The molecule has 4 nitrogen and oxygen atoms in total. The van der Waals surface area contributed by atoms with Crippen LogP contribution in [0.5, 0.6) is 0 Å². The van der Waals surface area contributed by atoms with Crippen LogP contribution in [-0.2, 0) is 20.3 Å². The van der Waals surface area contributed by atoms with E-state index >= 15 is 0 Å². The van der Waals surface area contributed by atoms with Gasteiger partial charge in [0.2, 0.25) is 5.91 Å². The third-order valence-electron chi connectivity index (χ3n) is 2.32. The number of nitrogens with one attached hydrogen (secondary N) is 1. The van der Waals surface area contributed by atoms with Gasteiger partial charge < -0.3 is 5.32 Å². The Morgan fingerprint density at radius 3 is 2.62 bits per heavy atom. The molecule has 1 aromatic carbocycles. The lowest BCUT2D eigenvalue weighted by molar-refractivity contribution is -0.116. The quantitative estimate of drug-likeness (QED) is 0.784. The highest BCUT2D eigenvalue weighted by atomic mass is 35.7. The summed E-state index contributed by atoms with van der Waals surface area (Å²) in [7, 11) is 0.984. The SMILES string of the molecule is O=C1CCc2cc(S(=O)(=O)Cl)c(F)cc2N1. The first kappa shape index (κ1) is 11.3. The van der Waals surface area contributed by atoms with Crippen molar-refractivity contribution in [3.8, 4) is 0 Å². The Morgan fingerprint density at radius 2 is 2.00 bits per heavy atom. The lowest BCUT2D eigenvalue weighted by Gasteiger charge is -2.17. The molecule has 0 atom stereocenters. The molecule has 1 heterocycles. The predicted molar refractivity (Wildman–Crippen MR) is 56.4 cm³/mol. The van der Waals surface area contributed by atoms with Crippen LogP contribution in [0.4, 0.5) is 10.1 Å². The molecule has 1 aliphatic rings. The molecular weight excluding hydrogens is 257 g/mol. The van der Waals surface area contributed by atoms with Crippen LogP contribution < -0.4 is 5.32 Å². The summed E-state index contributed by atoms with van der Waals surface area (Å²) in [6.45, 7) is 0. The highest BCUT2D eigenvalue weighted by Crippen LogP contribution is 2.29. The van der Waals surface area contributed by atoms with E-state index in [0.717, 1.165) is 12.1 Å². The largest absolute Gasteiger partial charge is 0.326 e. The zero-order valence-electron chi connectivity index (χ0n) is 7.96. The number of carbonyl (C=O) groups excluding carboxylic acids is 1. The molecule has 0 bridgehead atoms. The summed E-state index contributed by atoms with van der Waals surface area (Å²) in [5.74, 6) is -1.18. The fourth-order valence-corrected chi connectivity index (χ4v) is 2.50. The van der Waals surface area contributed by atoms with Crippen LogP contribution in [0.1, 0.15) is 12.0 Å². The van der Waals surface area contributed by atoms with Crippen molar-refractivity contribution in [2.45, 2.75) is 17.7 Å². The summed E-state index contributed by atoms with van der Waals surface area (Å²) in [5, 5.41) is 2.46. The molecule has 86 valence electrons. The topological polar surface area (TPSA) is 63.2 Å². The second kappa shape index (κ2) is 3.71. The third kappa shape index (κ3) is 2.03. The minimum atomic E-state index is -4.10. The number of rotatable bonds is 1. The Kier molecular flexibility index (Phi) is 2.63. The molecule has 1 amide bonds. The second-order valence-corrected chi connectivity index (χ2v) is 5.96. The van der Waals surface area contributed by atoms with Gasteiger partial charge in [0.15, 0.2) is 0 Å². The van der Waals surface area contributed by atoms with E-state index in [2.05, 4.69) is 5.32 Å². The van der Waals surface area contributed by atoms with E-state index in [1.54, 1.807) is 0 Å². The average Bonchev–Trinajstić information content (AvgIpc) is 2.14. The number of carbonyl (C=O) groups is 1. The molecule has 1 aliphatic heterocycles. The fraction of sp³-hybridized carbons (Fsp3) is 0.222. The van der Waals surface area contributed by atoms with E-state index in [1.165, 1.54) is 0 Å². The number of anilines is 1. The van der Waals surface area contributed by atoms with Crippen molar-refractivity contribution in [2.75, 3.05) is 5.32 Å². The fourth-order valence-electron chi connectivity index (χ4n) is 1.57. The highest BCUT2D eigenvalue weighted by Gasteiger charge is 2.22. The van der Waals surface area contributed by atoms with Gasteiger partial charge in [-0.2, -0.15) is 0 Å². The molecule has 0 saturated carbocycles. The van der Waals surface area contributed by atoms with Crippen molar-refractivity contribution in [3.63, 3.8) is 0 Å². The number of aryl methyl sites for hydroxylation is 1. The molecule has 1 aromatic rings. The van der Waals surface area contributed by atoms with E-state index in [4.69, 9.17) is 10.7 Å². The highest BCUT2D eigenvalue weighted by molar-refractivity contribution is 8.13. The lowest BCUT2D eigenvalue weighted by Crippen LogP contribution is -2.19. The first-order valence-corrected chi connectivity index (χ1v) is 6.76. The van der Waals surface area contributed by atoms with Gasteiger partial charge in [0.05, 0.1) is 0 Å². The zero-order valence-corrected chi connectivity index (χ0v) is 9.53. The van der Waals surface area contributed by atoms with Gasteiger partial charge >= 0.3 is 0 Å². The van der Waals surface area contributed by atoms with Gasteiger partial charge in [-0.15, -0.1) is 0 Å². The summed E-state index contributed by atoms with van der Waals surface area (Å²) in [4.78, 5) is 10.5. The second-order valence-electron chi connectivity index (χ2n) is 3.43. The van der Waals surface area contributed by atoms with Crippen LogP contribution in [0.25, 0.3) is 0 Å². The maximum atomic E-state index is 13.4. The Morgan fingerprint density at radius 1 is 1.31 bits per heavy atom. The van der Waals surface area contributed by atoms with Crippen molar-refractivity contribution in [1.82, 2.24) is 0 Å². The number of benzene rings is 1. The molecule has 16 heavy (non-hydrogen) atoms. The Bertz CT molecular complexity index is 570. The van der Waals surface area contributed by atoms with Crippen LogP contribution in [0, 0.1) is 5.82 Å². The summed E-state index contributed by atoms with van der Waals surface area (Å²) in [5.41, 5.74) is 0.873. The summed E-state index contributed by atoms with van der Waals surface area (Å²) in [6, 6.07) is 2.13. The zero-order chi connectivity index (χ0) is 11.9. The van der Waals surface area contributed by atoms with Gasteiger partial charge in [-0.25, -0.2) is 12.8 Å². The van der Waals surface area contributed by atoms with Gasteiger partial charge in [0.1, 0.15) is 10.7 Å². The van der Waals surface area contributed by atoms with Crippen molar-refractivity contribution in [1.29, 1.82) is 0 Å². The lowest BCUT2D eigenvalue weighted by atomic mass is 10.0. The summed E-state index contributed by atoms with van der Waals surface area (Å²) in [6.07, 6.45) is 0.626. The van der Waals surface area contributed by atoms with Gasteiger partial charge in [-0.05, 0) is 24.1 Å². The first-order valence-electron chi connectivity index (χ1n) is 4.45. The van der Waals surface area contributed by atoms with Gasteiger partial charge in [0.25, 0.3) is 9.05 Å². The van der Waals surface area contributed by atoms with Crippen LogP contribution >= 0.6 is 10.7 Å². The molecule has 0 unspecified atom stereocenters.